The first-order chi connectivity index (χ1) is 15.1. The molecule has 9 heteroatoms. The van der Waals surface area contributed by atoms with Crippen molar-refractivity contribution in [3.8, 4) is 11.8 Å². The number of nitrogens with two attached hydrogens (primary N) is 1. The number of aryl methyl sites for hydroxylation is 1. The Morgan fingerprint density at radius 1 is 1.34 bits per heavy atom. The number of nitrogen functional groups attached to an aromatic ring is 1. The highest BCUT2D eigenvalue weighted by Gasteiger charge is 2.17. The van der Waals surface area contributed by atoms with Crippen LogP contribution < -0.4 is 11.1 Å². The zero-order valence-electron chi connectivity index (χ0n) is 19.0. The number of halogens is 1. The number of para-hydroxylation sites is 1. The monoisotopic (exact) mass is 551 g/mol. The lowest BCUT2D eigenvalue weighted by atomic mass is 9.96. The lowest BCUT2D eigenvalue weighted by Crippen LogP contribution is -2.40. The number of aliphatic imine (C=N–C) groups is 1. The molecule has 1 saturated heterocycles. The first-order valence-corrected chi connectivity index (χ1v) is 11.0. The molecule has 0 radical (unpaired) electrons. The first kappa shape index (κ1) is 25.9. The van der Waals surface area contributed by atoms with Gasteiger partial charge in [0, 0.05) is 40.4 Å². The molecule has 32 heavy (non-hydrogen) atoms. The molecule has 174 valence electrons. The minimum atomic E-state index is 0. The van der Waals surface area contributed by atoms with Crippen LogP contribution in [0.1, 0.15) is 36.9 Å². The standard InChI is InChI=1S/C23H33N7O.HI/c1-26-23(29(2)14-10-18-11-15-31-16-12-18)27-13-6-9-21-20(17-24)22(25)30(28-21)19-7-4-3-5-8-19;/h3-5,7-8,18H,6,9-16,25H2,1-2H3,(H,26,27);1H. The smallest absolute Gasteiger partial charge is 0.193 e. The normalized spacial score (nSPS) is 14.5. The molecule has 0 atom stereocenters. The zero-order valence-corrected chi connectivity index (χ0v) is 21.3. The van der Waals surface area contributed by atoms with E-state index in [1.807, 2.05) is 37.4 Å². The van der Waals surface area contributed by atoms with E-state index in [1.54, 1.807) is 4.68 Å². The van der Waals surface area contributed by atoms with Gasteiger partial charge < -0.3 is 20.7 Å². The van der Waals surface area contributed by atoms with Crippen molar-refractivity contribution in [2.45, 2.75) is 32.1 Å². The number of nitriles is 1. The molecule has 3 N–H and O–H groups in total. The van der Waals surface area contributed by atoms with Crippen molar-refractivity contribution >= 4 is 35.8 Å². The number of anilines is 1. The van der Waals surface area contributed by atoms with Crippen molar-refractivity contribution < 1.29 is 4.74 Å². The van der Waals surface area contributed by atoms with Gasteiger partial charge >= 0.3 is 0 Å². The molecule has 1 fully saturated rings. The summed E-state index contributed by atoms with van der Waals surface area (Å²) in [6.45, 7) is 3.49. The summed E-state index contributed by atoms with van der Waals surface area (Å²) >= 11 is 0. The molecule has 8 nitrogen and oxygen atoms in total. The summed E-state index contributed by atoms with van der Waals surface area (Å²) in [7, 11) is 3.88. The number of aromatic nitrogens is 2. The lowest BCUT2D eigenvalue weighted by Gasteiger charge is -2.26. The second-order valence-corrected chi connectivity index (χ2v) is 7.91. The second-order valence-electron chi connectivity index (χ2n) is 7.91. The summed E-state index contributed by atoms with van der Waals surface area (Å²) in [5.41, 5.74) is 8.23. The molecule has 1 aliphatic heterocycles. The summed E-state index contributed by atoms with van der Waals surface area (Å²) in [5, 5.41) is 17.6. The van der Waals surface area contributed by atoms with Gasteiger partial charge in [0.05, 0.1) is 11.4 Å². The van der Waals surface area contributed by atoms with E-state index in [0.29, 0.717) is 17.8 Å². The molecular formula is C23H34IN7O. The summed E-state index contributed by atoms with van der Waals surface area (Å²) in [6.07, 6.45) is 4.96. The molecule has 0 saturated carbocycles. The van der Waals surface area contributed by atoms with Crippen LogP contribution in [0.3, 0.4) is 0 Å². The predicted octanol–water partition coefficient (Wildman–Crippen LogP) is 3.20. The predicted molar refractivity (Wildman–Crippen MR) is 139 cm³/mol. The fraction of sp³-hybridized carbons (Fsp3) is 0.522. The largest absolute Gasteiger partial charge is 0.382 e. The maximum absolute atomic E-state index is 9.55. The lowest BCUT2D eigenvalue weighted by molar-refractivity contribution is 0.0625. The molecule has 0 spiro atoms. The van der Waals surface area contributed by atoms with Crippen molar-refractivity contribution in [1.82, 2.24) is 20.0 Å². The third-order valence-electron chi connectivity index (χ3n) is 5.77. The molecule has 1 aliphatic rings. The topological polar surface area (TPSA) is 104 Å². The van der Waals surface area contributed by atoms with Gasteiger partial charge in [-0.15, -0.1) is 24.0 Å². The number of nitrogens with zero attached hydrogens (tertiary/aromatic N) is 5. The summed E-state index contributed by atoms with van der Waals surface area (Å²) in [5.74, 6) is 2.02. The number of hydrogen-bond donors (Lipinski definition) is 2. The van der Waals surface area contributed by atoms with E-state index in [1.165, 1.54) is 0 Å². The van der Waals surface area contributed by atoms with Crippen molar-refractivity contribution in [3.63, 3.8) is 0 Å². The fourth-order valence-corrected chi connectivity index (χ4v) is 3.90. The van der Waals surface area contributed by atoms with E-state index in [-0.39, 0.29) is 24.0 Å². The van der Waals surface area contributed by atoms with Gasteiger partial charge in [0.2, 0.25) is 0 Å². The quantitative estimate of drug-likeness (QED) is 0.226. The van der Waals surface area contributed by atoms with Crippen LogP contribution in [0.5, 0.6) is 0 Å². The van der Waals surface area contributed by atoms with E-state index in [2.05, 4.69) is 33.4 Å². The van der Waals surface area contributed by atoms with Crippen LogP contribution in [0.4, 0.5) is 5.82 Å². The average molecular weight is 551 g/mol. The van der Waals surface area contributed by atoms with Crippen LogP contribution in [-0.2, 0) is 11.2 Å². The molecule has 0 aliphatic carbocycles. The highest BCUT2D eigenvalue weighted by Crippen LogP contribution is 2.21. The first-order valence-electron chi connectivity index (χ1n) is 11.0. The molecule has 0 bridgehead atoms. The Kier molecular flexibility index (Phi) is 10.8. The molecule has 0 amide bonds. The van der Waals surface area contributed by atoms with Crippen LogP contribution >= 0.6 is 24.0 Å². The van der Waals surface area contributed by atoms with Crippen molar-refractivity contribution in [3.05, 3.63) is 41.6 Å². The highest BCUT2D eigenvalue weighted by molar-refractivity contribution is 14.0. The van der Waals surface area contributed by atoms with Gasteiger partial charge in [-0.05, 0) is 50.2 Å². The Hall–Kier alpha value is -2.32. The van der Waals surface area contributed by atoms with Crippen LogP contribution in [-0.4, -0.2) is 61.0 Å². The van der Waals surface area contributed by atoms with E-state index < -0.39 is 0 Å². The van der Waals surface area contributed by atoms with Gasteiger partial charge in [-0.2, -0.15) is 10.4 Å². The number of nitrogens with one attached hydrogen (secondary N) is 1. The number of ether oxygens (including phenoxy) is 1. The van der Waals surface area contributed by atoms with E-state index >= 15 is 0 Å². The maximum atomic E-state index is 9.55. The molecule has 1 aromatic heterocycles. The van der Waals surface area contributed by atoms with Crippen LogP contribution in [0.15, 0.2) is 35.3 Å². The number of guanidine groups is 1. The zero-order chi connectivity index (χ0) is 22.1. The molecule has 3 rings (SSSR count). The van der Waals surface area contributed by atoms with Gasteiger partial charge in [0.25, 0.3) is 0 Å². The number of rotatable bonds is 8. The van der Waals surface area contributed by atoms with Gasteiger partial charge in [-0.25, -0.2) is 4.68 Å². The Bertz CT molecular complexity index is 901. The third-order valence-corrected chi connectivity index (χ3v) is 5.77. The van der Waals surface area contributed by atoms with Crippen LogP contribution in [0.2, 0.25) is 0 Å². The molecule has 2 heterocycles. The highest BCUT2D eigenvalue weighted by atomic mass is 127. The van der Waals surface area contributed by atoms with Gasteiger partial charge in [-0.3, -0.25) is 4.99 Å². The van der Waals surface area contributed by atoms with Crippen LogP contribution in [0, 0.1) is 17.2 Å². The van der Waals surface area contributed by atoms with Crippen molar-refractivity contribution in [1.29, 1.82) is 5.26 Å². The van der Waals surface area contributed by atoms with E-state index in [9.17, 15) is 5.26 Å². The number of hydrogen-bond acceptors (Lipinski definition) is 5. The Labute approximate surface area is 207 Å². The van der Waals surface area contributed by atoms with E-state index in [4.69, 9.17) is 10.5 Å². The fourth-order valence-electron chi connectivity index (χ4n) is 3.90. The van der Waals surface area contributed by atoms with Crippen LogP contribution in [0.25, 0.3) is 5.69 Å². The van der Waals surface area contributed by atoms with E-state index in [0.717, 1.165) is 75.2 Å². The Morgan fingerprint density at radius 2 is 2.06 bits per heavy atom. The molecule has 0 unspecified atom stereocenters. The van der Waals surface area contributed by atoms with Crippen molar-refractivity contribution in [2.75, 3.05) is 46.1 Å². The maximum Gasteiger partial charge on any atom is 0.193 e. The molecule has 2 aromatic rings. The summed E-state index contributed by atoms with van der Waals surface area (Å²) in [6, 6.07) is 11.9. The minimum Gasteiger partial charge on any atom is -0.382 e. The summed E-state index contributed by atoms with van der Waals surface area (Å²) in [4.78, 5) is 6.58. The minimum absolute atomic E-state index is 0. The Morgan fingerprint density at radius 3 is 2.72 bits per heavy atom. The van der Waals surface area contributed by atoms with Gasteiger partial charge in [0.1, 0.15) is 17.5 Å². The van der Waals surface area contributed by atoms with Gasteiger partial charge in [0.15, 0.2) is 5.96 Å². The third kappa shape index (κ3) is 6.84. The van der Waals surface area contributed by atoms with Crippen molar-refractivity contribution in [2.24, 2.45) is 10.9 Å². The number of benzene rings is 1. The SMILES string of the molecule is CN=C(NCCCc1nn(-c2ccccc2)c(N)c1C#N)N(C)CCC1CCOCC1.I. The average Bonchev–Trinajstić information content (AvgIpc) is 3.14. The Balaban J connectivity index is 0.00000363. The summed E-state index contributed by atoms with van der Waals surface area (Å²) < 4.78 is 7.09. The molecular weight excluding hydrogens is 517 g/mol. The second kappa shape index (κ2) is 13.3. The molecule has 1 aromatic carbocycles. The van der Waals surface area contributed by atoms with Gasteiger partial charge in [-0.1, -0.05) is 18.2 Å².